The molecule has 3 N–H and O–H groups in total. The Hall–Kier alpha value is -16.0. The Morgan fingerprint density at radius 3 is 1.12 bits per heavy atom. The number of amides is 2. The highest BCUT2D eigenvalue weighted by Crippen LogP contribution is 2.33. The summed E-state index contributed by atoms with van der Waals surface area (Å²) in [5.74, 6) is 8.27. The van der Waals surface area contributed by atoms with E-state index in [9.17, 15) is 18.8 Å². The topological polar surface area (TPSA) is 230 Å². The summed E-state index contributed by atoms with van der Waals surface area (Å²) in [6.45, 7) is 4.48. The number of benzene rings is 14. The number of imidazole rings is 1. The van der Waals surface area contributed by atoms with Gasteiger partial charge in [-0.3, -0.25) is 14.4 Å². The summed E-state index contributed by atoms with van der Waals surface area (Å²) in [7, 11) is 16.5. The third-order valence-corrected chi connectivity index (χ3v) is 21.1. The van der Waals surface area contributed by atoms with Gasteiger partial charge in [-0.05, 0) is 263 Å². The smallest absolute Gasteiger partial charge is 0.248 e. The number of hydrogen-bond acceptors (Lipinski definition) is 16. The fraction of sp³-hybridized carbons (Fsp3) is 0.179. The third kappa shape index (κ3) is 34.2. The Kier molecular flexibility index (Phi) is 41.6. The van der Waals surface area contributed by atoms with Crippen LogP contribution in [0.4, 0.5) is 10.1 Å². The van der Waals surface area contributed by atoms with E-state index in [0.717, 1.165) is 117 Å². The Morgan fingerprint density at radius 2 is 0.722 bits per heavy atom. The van der Waals surface area contributed by atoms with Crippen molar-refractivity contribution in [3.05, 3.63) is 434 Å². The molecule has 2 aromatic heterocycles. The first-order valence-electron chi connectivity index (χ1n) is 43.0. The lowest BCUT2D eigenvalue weighted by atomic mass is 9.78. The molecule has 3 heterocycles. The number of nitrogens with one attached hydrogen (secondary N) is 1. The predicted octanol–water partition coefficient (Wildman–Crippen LogP) is 23.5. The fourth-order valence-corrected chi connectivity index (χ4v) is 13.2. The summed E-state index contributed by atoms with van der Waals surface area (Å²) in [5.41, 5.74) is 21.7. The summed E-state index contributed by atoms with van der Waals surface area (Å²) >= 11 is 0. The second-order valence-electron chi connectivity index (χ2n) is 30.2. The second kappa shape index (κ2) is 55.0. The predicted molar refractivity (Wildman–Crippen MR) is 528 cm³/mol. The molecule has 17 rings (SSSR count). The van der Waals surface area contributed by atoms with Crippen LogP contribution in [0.3, 0.4) is 0 Å². The van der Waals surface area contributed by atoms with Crippen LogP contribution in [0.2, 0.25) is 0 Å². The largest absolute Gasteiger partial charge is 0.497 e. The summed E-state index contributed by atoms with van der Waals surface area (Å²) < 4.78 is 67.2. The molecule has 0 aliphatic carbocycles. The van der Waals surface area contributed by atoms with Crippen LogP contribution < -0.4 is 58.4 Å². The Bertz CT molecular complexity index is 5850. The molecule has 20 nitrogen and oxygen atoms in total. The number of fused-ring (bicyclic) bond motifs is 1. The van der Waals surface area contributed by atoms with Crippen molar-refractivity contribution in [3.8, 4) is 91.1 Å². The maximum Gasteiger partial charge on any atom is 0.248 e. The number of nitrogens with zero attached hydrogens (tertiary/aromatic N) is 5. The van der Waals surface area contributed by atoms with Crippen molar-refractivity contribution in [2.24, 2.45) is 5.73 Å². The van der Waals surface area contributed by atoms with Crippen molar-refractivity contribution in [3.63, 3.8) is 0 Å². The van der Waals surface area contributed by atoms with E-state index in [1.165, 1.54) is 63.0 Å². The number of nitrogens with two attached hydrogens (primary N) is 1. The number of rotatable bonds is 25. The number of Topliss-reactive ketones (excluding diaryl/α,β-unsaturated/α-hetero) is 1. The first-order chi connectivity index (χ1) is 64.7. The van der Waals surface area contributed by atoms with Crippen LogP contribution in [-0.4, -0.2) is 113 Å². The molecule has 1 aliphatic heterocycles. The molecular formula is C112H116FN7O13. The van der Waals surface area contributed by atoms with E-state index in [0.29, 0.717) is 30.6 Å². The number of primary amides is 1. The van der Waals surface area contributed by atoms with Crippen LogP contribution in [-0.2, 0) is 40.7 Å². The summed E-state index contributed by atoms with van der Waals surface area (Å²) in [4.78, 5) is 41.3. The van der Waals surface area contributed by atoms with Crippen LogP contribution in [0, 0.1) is 5.82 Å². The zero-order chi connectivity index (χ0) is 94.8. The van der Waals surface area contributed by atoms with Gasteiger partial charge in [0.2, 0.25) is 11.8 Å². The maximum absolute atomic E-state index is 12.7. The normalized spacial score (nSPS) is 10.5. The molecular weight excluding hydrogens is 1670 g/mol. The minimum absolute atomic E-state index is 0.0214. The molecule has 684 valence electrons. The number of aryl methyl sites for hydroxylation is 3. The minimum Gasteiger partial charge on any atom is -0.497 e. The van der Waals surface area contributed by atoms with Crippen molar-refractivity contribution in [2.45, 2.75) is 64.2 Å². The van der Waals surface area contributed by atoms with Crippen molar-refractivity contribution in [1.29, 1.82) is 0 Å². The van der Waals surface area contributed by atoms with Gasteiger partial charge in [0.1, 0.15) is 81.8 Å². The highest BCUT2D eigenvalue weighted by atomic mass is 19.1. The monoisotopic (exact) mass is 1790 g/mol. The average Bonchev–Trinajstić information content (AvgIpc) is 1.82. The van der Waals surface area contributed by atoms with E-state index in [-0.39, 0.29) is 17.1 Å². The molecule has 0 saturated heterocycles. The Labute approximate surface area is 780 Å². The molecule has 0 bridgehead atoms. The third-order valence-electron chi connectivity index (χ3n) is 21.1. The molecule has 0 atom stereocenters. The minimum atomic E-state index is -0.423. The van der Waals surface area contributed by atoms with Crippen LogP contribution in [0.25, 0.3) is 33.6 Å². The van der Waals surface area contributed by atoms with Gasteiger partial charge in [0.05, 0.1) is 83.1 Å². The SMILES string of the molecule is COc1ccc(-c2ccc(F)cc2)cc1.COc1ccc(-c2ccc(OC)cc2)cc1.COc1ccc(-n2ccnc2)cc1.COc1ccc(-n2cncn2)cc1.COc1ccc(C(C)(C)c2ccccc2)cc1.COc1ccc(C(N)=O)cc1.COc1ccc(CCC(=O)CCc2ccccc2)cc1.COc1ccc(Cc2ccccc2)cc1.COc1ccc2c(c1)CCC(=O)N2. The van der Waals surface area contributed by atoms with Crippen LogP contribution in [0.5, 0.6) is 57.5 Å². The summed E-state index contributed by atoms with van der Waals surface area (Å²) in [5, 5.41) is 6.82. The first kappa shape index (κ1) is 101. The molecule has 14 aromatic carbocycles. The number of ketones is 1. The number of methoxy groups -OCH3 is 10. The van der Waals surface area contributed by atoms with Gasteiger partial charge in [-0.25, -0.2) is 19.0 Å². The number of ether oxygens (including phenoxy) is 10. The van der Waals surface area contributed by atoms with E-state index in [4.69, 9.17) is 53.1 Å². The van der Waals surface area contributed by atoms with Crippen molar-refractivity contribution >= 4 is 23.3 Å². The number of hydrogen-bond donors (Lipinski definition) is 2. The lowest BCUT2D eigenvalue weighted by molar-refractivity contribution is -0.119. The van der Waals surface area contributed by atoms with Gasteiger partial charge < -0.3 is 63.0 Å². The van der Waals surface area contributed by atoms with Gasteiger partial charge in [-0.15, -0.1) is 0 Å². The Morgan fingerprint density at radius 1 is 0.376 bits per heavy atom. The molecule has 16 aromatic rings. The highest BCUT2D eigenvalue weighted by molar-refractivity contribution is 5.94. The maximum atomic E-state index is 12.7. The molecule has 0 radical (unpaired) electrons. The van der Waals surface area contributed by atoms with Gasteiger partial charge >= 0.3 is 0 Å². The molecule has 0 saturated carbocycles. The molecule has 21 heteroatoms. The number of halogens is 1. The number of anilines is 1. The van der Waals surface area contributed by atoms with Crippen molar-refractivity contribution in [2.75, 3.05) is 76.4 Å². The average molecular weight is 1790 g/mol. The van der Waals surface area contributed by atoms with Crippen LogP contribution in [0.15, 0.2) is 383 Å². The van der Waals surface area contributed by atoms with E-state index in [1.54, 1.807) is 131 Å². The van der Waals surface area contributed by atoms with Crippen molar-refractivity contribution in [1.82, 2.24) is 24.3 Å². The van der Waals surface area contributed by atoms with E-state index in [1.807, 2.05) is 229 Å². The molecule has 2 amide bonds. The zero-order valence-electron chi connectivity index (χ0n) is 77.3. The van der Waals surface area contributed by atoms with E-state index < -0.39 is 5.91 Å². The second-order valence-corrected chi connectivity index (χ2v) is 30.2. The van der Waals surface area contributed by atoms with Gasteiger partial charge in [0.15, 0.2) is 0 Å². The van der Waals surface area contributed by atoms with Crippen molar-refractivity contribution < 1.29 is 66.1 Å². The Balaban J connectivity index is 0.000000169. The molecule has 1 aliphatic rings. The van der Waals surface area contributed by atoms with Gasteiger partial charge in [0.25, 0.3) is 0 Å². The first-order valence-corrected chi connectivity index (χ1v) is 43.0. The van der Waals surface area contributed by atoms with Gasteiger partial charge in [-0.2, -0.15) is 5.10 Å². The molecule has 0 spiro atoms. The standard InChI is InChI=1S/C18H20O2.C16H18O.C14H14O2.C14H14O.C13H11FO.C10H10N2O.C10H11NO2.C9H9N3O.C8H9NO2/c1-20-18-13-9-16(10-14-18)8-12-17(19)11-7-15-5-3-2-4-6-15;1-16(2,13-7-5-4-6-8-13)14-9-11-15(17-3)12-10-14;1-15-13-7-3-11(4-8-13)12-5-9-14(16-2)10-6-12;1-15-14-9-7-13(8-10-14)11-12-5-3-2-4-6-12;1-15-13-8-4-11(5-9-13)10-2-6-12(14)7-3-10;1-13-10-4-2-9(3-5-10)12-7-6-11-8-12;1-13-8-3-4-9-7(6-8)2-5-10(12)11-9;1-13-9-4-2-8(3-5-9)12-7-10-6-11-12;1-11-7-4-2-6(3-5-7)8(9)10/h2-6,9-10,13-14H,7-8,11-12H2,1H3;4-12H,1-3H3;3-10H,1-2H3;2-10H,11H2,1H3;2-9H,1H3;2-8H,1H3;3-4,6H,2,5H2,1H3,(H,11,12);2-7H,1H3;2-5H,1H3,(H2,9,10). The fourth-order valence-electron chi connectivity index (χ4n) is 13.2. The number of aromatic nitrogens is 5. The highest BCUT2D eigenvalue weighted by Gasteiger charge is 2.23. The molecule has 0 unspecified atom stereocenters. The quantitative estimate of drug-likeness (QED) is 0.0542. The van der Waals surface area contributed by atoms with Crippen LogP contribution >= 0.6 is 0 Å². The van der Waals surface area contributed by atoms with Gasteiger partial charge in [-0.1, -0.05) is 190 Å². The van der Waals surface area contributed by atoms with Gasteiger partial charge in [0, 0.05) is 54.0 Å². The summed E-state index contributed by atoms with van der Waals surface area (Å²) in [6, 6.07) is 113. The van der Waals surface area contributed by atoms with E-state index >= 15 is 0 Å². The molecule has 133 heavy (non-hydrogen) atoms. The number of carbonyl (C=O) groups is 3. The zero-order valence-corrected chi connectivity index (χ0v) is 77.3. The lowest BCUT2D eigenvalue weighted by Gasteiger charge is -2.26. The lowest BCUT2D eigenvalue weighted by Crippen LogP contribution is -2.18. The molecule has 0 fully saturated rings. The van der Waals surface area contributed by atoms with E-state index in [2.05, 4.69) is 119 Å². The van der Waals surface area contributed by atoms with Crippen LogP contribution in [0.1, 0.15) is 82.4 Å². The summed E-state index contributed by atoms with van der Waals surface area (Å²) in [6.07, 6.45) is 13.8. The number of carbonyl (C=O) groups excluding carboxylic acids is 3.